The molecule has 2 unspecified atom stereocenters. The first kappa shape index (κ1) is 13.6. The third-order valence-corrected chi connectivity index (χ3v) is 3.61. The molecule has 104 valence electrons. The van der Waals surface area contributed by atoms with Crippen molar-refractivity contribution < 1.29 is 18.0 Å². The van der Waals surface area contributed by atoms with E-state index in [0.29, 0.717) is 6.54 Å². The highest BCUT2D eigenvalue weighted by atomic mass is 19.4. The topological polar surface area (TPSA) is 44.4 Å². The van der Waals surface area contributed by atoms with Gasteiger partial charge in [0.15, 0.2) is 0 Å². The minimum atomic E-state index is -4.30. The van der Waals surface area contributed by atoms with Gasteiger partial charge in [0.25, 0.3) is 0 Å². The lowest BCUT2D eigenvalue weighted by atomic mass is 10.0. The number of carbonyl (C=O) groups is 1. The molecule has 0 bridgehead atoms. The van der Waals surface area contributed by atoms with E-state index in [-0.39, 0.29) is 31.5 Å². The van der Waals surface area contributed by atoms with E-state index < -0.39 is 12.2 Å². The Kier molecular flexibility index (Phi) is 4.11. The number of alkyl halides is 3. The van der Waals surface area contributed by atoms with Crippen LogP contribution in [0.3, 0.4) is 0 Å². The van der Waals surface area contributed by atoms with Crippen LogP contribution in [-0.4, -0.2) is 55.2 Å². The molecule has 0 spiro atoms. The Hall–Kier alpha value is -0.820. The summed E-state index contributed by atoms with van der Waals surface area (Å²) in [6, 6.07) is -1.69. The lowest BCUT2D eigenvalue weighted by molar-refractivity contribution is -0.187. The molecule has 0 aliphatic carbocycles. The summed E-state index contributed by atoms with van der Waals surface area (Å²) >= 11 is 0. The third-order valence-electron chi connectivity index (χ3n) is 3.61. The second kappa shape index (κ2) is 5.44. The summed E-state index contributed by atoms with van der Waals surface area (Å²) < 4.78 is 39.1. The van der Waals surface area contributed by atoms with Crippen molar-refractivity contribution in [2.24, 2.45) is 0 Å². The van der Waals surface area contributed by atoms with Crippen LogP contribution in [0.25, 0.3) is 0 Å². The van der Waals surface area contributed by atoms with E-state index >= 15 is 0 Å². The van der Waals surface area contributed by atoms with Gasteiger partial charge in [-0.2, -0.15) is 13.2 Å². The van der Waals surface area contributed by atoms with Gasteiger partial charge < -0.3 is 10.6 Å². The molecule has 2 rings (SSSR count). The summed E-state index contributed by atoms with van der Waals surface area (Å²) in [6.45, 7) is 1.28. The second-order valence-corrected chi connectivity index (χ2v) is 4.85. The SMILES string of the molecule is O=C1CCN(C2CCCNC2)C(C(F)(F)F)CN1. The third kappa shape index (κ3) is 3.14. The maximum Gasteiger partial charge on any atom is 0.405 e. The number of hydrogen-bond acceptors (Lipinski definition) is 3. The molecule has 4 nitrogen and oxygen atoms in total. The average Bonchev–Trinajstić information content (AvgIpc) is 2.52. The van der Waals surface area contributed by atoms with E-state index in [2.05, 4.69) is 10.6 Å². The molecule has 7 heteroatoms. The summed E-state index contributed by atoms with van der Waals surface area (Å²) in [4.78, 5) is 12.7. The molecule has 0 radical (unpaired) electrons. The molecule has 2 atom stereocenters. The number of carbonyl (C=O) groups excluding carboxylic acids is 1. The highest BCUT2D eigenvalue weighted by Gasteiger charge is 2.46. The molecule has 0 aromatic carbocycles. The van der Waals surface area contributed by atoms with Crippen LogP contribution in [0.4, 0.5) is 13.2 Å². The minimum Gasteiger partial charge on any atom is -0.354 e. The molecule has 2 fully saturated rings. The van der Waals surface area contributed by atoms with Gasteiger partial charge in [-0.05, 0) is 19.4 Å². The largest absolute Gasteiger partial charge is 0.405 e. The molecule has 2 aliphatic rings. The normalized spacial score (nSPS) is 31.8. The van der Waals surface area contributed by atoms with Crippen LogP contribution in [0.1, 0.15) is 19.3 Å². The molecule has 18 heavy (non-hydrogen) atoms. The lowest BCUT2D eigenvalue weighted by Gasteiger charge is -2.39. The molecule has 2 heterocycles. The van der Waals surface area contributed by atoms with Gasteiger partial charge in [0.05, 0.1) is 0 Å². The summed E-state index contributed by atoms with van der Waals surface area (Å²) in [6.07, 6.45) is -2.51. The fraction of sp³-hybridized carbons (Fsp3) is 0.909. The van der Waals surface area contributed by atoms with Gasteiger partial charge in [0, 0.05) is 32.1 Å². The zero-order chi connectivity index (χ0) is 13.2. The van der Waals surface area contributed by atoms with Gasteiger partial charge in [-0.3, -0.25) is 9.69 Å². The number of nitrogens with zero attached hydrogens (tertiary/aromatic N) is 1. The van der Waals surface area contributed by atoms with Crippen LogP contribution in [0, 0.1) is 0 Å². The van der Waals surface area contributed by atoms with Crippen molar-refractivity contribution in [1.29, 1.82) is 0 Å². The van der Waals surface area contributed by atoms with Gasteiger partial charge in [-0.25, -0.2) is 0 Å². The predicted molar refractivity (Wildman–Crippen MR) is 60.1 cm³/mol. The van der Waals surface area contributed by atoms with Crippen LogP contribution < -0.4 is 10.6 Å². The standard InChI is InChI=1S/C11H18F3N3O/c12-11(13,14)9-7-16-10(18)3-5-17(9)8-2-1-4-15-6-8/h8-9,15H,1-7H2,(H,16,18). The van der Waals surface area contributed by atoms with Crippen LogP contribution in [-0.2, 0) is 4.79 Å². The van der Waals surface area contributed by atoms with E-state index in [1.165, 1.54) is 4.90 Å². The van der Waals surface area contributed by atoms with E-state index in [4.69, 9.17) is 0 Å². The fourth-order valence-corrected chi connectivity index (χ4v) is 2.66. The second-order valence-electron chi connectivity index (χ2n) is 4.85. The summed E-state index contributed by atoms with van der Waals surface area (Å²) in [7, 11) is 0. The quantitative estimate of drug-likeness (QED) is 0.725. The monoisotopic (exact) mass is 265 g/mol. The van der Waals surface area contributed by atoms with Crippen LogP contribution >= 0.6 is 0 Å². The molecule has 1 amide bonds. The van der Waals surface area contributed by atoms with Crippen LogP contribution in [0.2, 0.25) is 0 Å². The minimum absolute atomic E-state index is 0.127. The smallest absolute Gasteiger partial charge is 0.354 e. The van der Waals surface area contributed by atoms with Crippen molar-refractivity contribution in [3.63, 3.8) is 0 Å². The maximum atomic E-state index is 13.0. The number of nitrogens with one attached hydrogen (secondary N) is 2. The summed E-state index contributed by atoms with van der Waals surface area (Å²) in [5.74, 6) is -0.296. The van der Waals surface area contributed by atoms with E-state index in [9.17, 15) is 18.0 Å². The van der Waals surface area contributed by atoms with E-state index in [1.807, 2.05) is 0 Å². The maximum absolute atomic E-state index is 13.0. The Morgan fingerprint density at radius 2 is 2.06 bits per heavy atom. The molecule has 2 aliphatic heterocycles. The van der Waals surface area contributed by atoms with Crippen molar-refractivity contribution in [3.8, 4) is 0 Å². The average molecular weight is 265 g/mol. The van der Waals surface area contributed by atoms with E-state index in [0.717, 1.165) is 19.4 Å². The van der Waals surface area contributed by atoms with Gasteiger partial charge in [0.1, 0.15) is 6.04 Å². The predicted octanol–water partition coefficient (Wildman–Crippen LogP) is 0.491. The van der Waals surface area contributed by atoms with Crippen molar-refractivity contribution >= 4 is 5.91 Å². The Labute approximate surface area is 104 Å². The van der Waals surface area contributed by atoms with E-state index in [1.54, 1.807) is 0 Å². The number of piperidine rings is 1. The zero-order valence-electron chi connectivity index (χ0n) is 10.1. The summed E-state index contributed by atoms with van der Waals surface area (Å²) in [5.41, 5.74) is 0. The molecule has 0 aromatic rings. The van der Waals surface area contributed by atoms with Gasteiger partial charge in [-0.15, -0.1) is 0 Å². The fourth-order valence-electron chi connectivity index (χ4n) is 2.66. The number of amides is 1. The first-order valence-electron chi connectivity index (χ1n) is 6.28. The van der Waals surface area contributed by atoms with Gasteiger partial charge >= 0.3 is 6.18 Å². The number of hydrogen-bond donors (Lipinski definition) is 2. The number of halogens is 3. The molecular weight excluding hydrogens is 247 g/mol. The number of rotatable bonds is 1. The highest BCUT2D eigenvalue weighted by Crippen LogP contribution is 2.28. The van der Waals surface area contributed by atoms with Crippen LogP contribution in [0.15, 0.2) is 0 Å². The summed E-state index contributed by atoms with van der Waals surface area (Å²) in [5, 5.41) is 5.47. The first-order chi connectivity index (χ1) is 8.48. The Morgan fingerprint density at radius 3 is 2.67 bits per heavy atom. The molecule has 2 N–H and O–H groups in total. The Bertz CT molecular complexity index is 302. The highest BCUT2D eigenvalue weighted by molar-refractivity contribution is 5.76. The first-order valence-corrected chi connectivity index (χ1v) is 6.28. The lowest BCUT2D eigenvalue weighted by Crippen LogP contribution is -2.57. The Morgan fingerprint density at radius 1 is 1.28 bits per heavy atom. The van der Waals surface area contributed by atoms with Crippen molar-refractivity contribution in [2.75, 3.05) is 26.2 Å². The van der Waals surface area contributed by atoms with Gasteiger partial charge in [0.2, 0.25) is 5.91 Å². The van der Waals surface area contributed by atoms with Gasteiger partial charge in [-0.1, -0.05) is 0 Å². The molecule has 0 aromatic heterocycles. The van der Waals surface area contributed by atoms with Crippen molar-refractivity contribution in [2.45, 2.75) is 37.5 Å². The van der Waals surface area contributed by atoms with Crippen LogP contribution in [0.5, 0.6) is 0 Å². The van der Waals surface area contributed by atoms with Crippen molar-refractivity contribution in [1.82, 2.24) is 15.5 Å². The molecular formula is C11H18F3N3O. The van der Waals surface area contributed by atoms with Crippen molar-refractivity contribution in [3.05, 3.63) is 0 Å². The Balaban J connectivity index is 2.12. The zero-order valence-corrected chi connectivity index (χ0v) is 10.1. The molecule has 0 saturated carbocycles. The molecule has 2 saturated heterocycles.